The van der Waals surface area contributed by atoms with Gasteiger partial charge in [-0.15, -0.1) is 0 Å². The number of amides is 1. The van der Waals surface area contributed by atoms with Crippen LogP contribution in [0.25, 0.3) is 10.8 Å². The van der Waals surface area contributed by atoms with Crippen molar-refractivity contribution < 1.29 is 4.79 Å². The zero-order valence-corrected chi connectivity index (χ0v) is 10.3. The topological polar surface area (TPSA) is 33.2 Å². The highest BCUT2D eigenvalue weighted by molar-refractivity contribution is 5.98. The molecule has 92 valence electrons. The fraction of sp³-hybridized carbons (Fsp3) is 0.333. The molecule has 1 amide bonds. The average Bonchev–Trinajstić information content (AvgIpc) is 2.47. The van der Waals surface area contributed by atoms with Gasteiger partial charge in [-0.3, -0.25) is 9.78 Å². The number of carbonyl (C=O) groups is 1. The molecule has 0 bridgehead atoms. The molecule has 2 aromatic rings. The molecule has 0 atom stereocenters. The first kappa shape index (κ1) is 11.2. The quantitative estimate of drug-likeness (QED) is 0.768. The highest BCUT2D eigenvalue weighted by Gasteiger charge is 2.18. The first-order valence-electron chi connectivity index (χ1n) is 6.48. The van der Waals surface area contributed by atoms with Crippen LogP contribution in [-0.2, 0) is 0 Å². The molecule has 3 heteroatoms. The third-order valence-electron chi connectivity index (χ3n) is 3.53. The first-order valence-corrected chi connectivity index (χ1v) is 6.48. The van der Waals surface area contributed by atoms with E-state index < -0.39 is 0 Å². The van der Waals surface area contributed by atoms with Crippen LogP contribution in [0.15, 0.2) is 36.7 Å². The van der Waals surface area contributed by atoms with Gasteiger partial charge in [0.05, 0.1) is 0 Å². The molecule has 0 spiro atoms. The fourth-order valence-electron chi connectivity index (χ4n) is 2.50. The van der Waals surface area contributed by atoms with Crippen molar-refractivity contribution in [2.24, 2.45) is 0 Å². The summed E-state index contributed by atoms with van der Waals surface area (Å²) in [6.45, 7) is 1.79. The van der Waals surface area contributed by atoms with E-state index in [1.807, 2.05) is 35.4 Å². The van der Waals surface area contributed by atoms with Gasteiger partial charge in [0, 0.05) is 36.4 Å². The summed E-state index contributed by atoms with van der Waals surface area (Å²) in [5.41, 5.74) is 0.788. The number of hydrogen-bond donors (Lipinski definition) is 0. The Morgan fingerprint density at radius 2 is 1.89 bits per heavy atom. The highest BCUT2D eigenvalue weighted by Crippen LogP contribution is 2.18. The molecule has 3 nitrogen and oxygen atoms in total. The van der Waals surface area contributed by atoms with E-state index in [0.717, 1.165) is 42.3 Å². The van der Waals surface area contributed by atoms with Crippen molar-refractivity contribution in [3.8, 4) is 0 Å². The van der Waals surface area contributed by atoms with E-state index in [2.05, 4.69) is 4.98 Å². The Labute approximate surface area is 106 Å². The molecule has 1 saturated heterocycles. The monoisotopic (exact) mass is 240 g/mol. The van der Waals surface area contributed by atoms with Crippen LogP contribution < -0.4 is 0 Å². The summed E-state index contributed by atoms with van der Waals surface area (Å²) >= 11 is 0. The maximum atomic E-state index is 12.4. The Balaban J connectivity index is 1.91. The van der Waals surface area contributed by atoms with Gasteiger partial charge in [0.2, 0.25) is 0 Å². The van der Waals surface area contributed by atoms with Crippen molar-refractivity contribution >= 4 is 16.7 Å². The van der Waals surface area contributed by atoms with Crippen LogP contribution in [0.1, 0.15) is 29.6 Å². The molecule has 1 aromatic carbocycles. The second-order valence-electron chi connectivity index (χ2n) is 4.79. The Hall–Kier alpha value is -1.90. The summed E-state index contributed by atoms with van der Waals surface area (Å²) in [5, 5.41) is 2.15. The second kappa shape index (κ2) is 4.77. The number of aromatic nitrogens is 1. The number of likely N-dealkylation sites (tertiary alicyclic amines) is 1. The maximum Gasteiger partial charge on any atom is 0.253 e. The maximum absolute atomic E-state index is 12.4. The van der Waals surface area contributed by atoms with Crippen molar-refractivity contribution in [1.29, 1.82) is 0 Å². The number of pyridine rings is 1. The predicted octanol–water partition coefficient (Wildman–Crippen LogP) is 2.86. The molecule has 18 heavy (non-hydrogen) atoms. The lowest BCUT2D eigenvalue weighted by Gasteiger charge is -2.26. The molecule has 3 rings (SSSR count). The van der Waals surface area contributed by atoms with Gasteiger partial charge < -0.3 is 4.90 Å². The summed E-state index contributed by atoms with van der Waals surface area (Å²) in [4.78, 5) is 18.4. The third kappa shape index (κ3) is 2.08. The SMILES string of the molecule is O=C(c1ccc2cnccc2c1)N1CCCCC1. The molecule has 1 aromatic heterocycles. The summed E-state index contributed by atoms with van der Waals surface area (Å²) in [5.74, 6) is 0.161. The molecule has 2 heterocycles. The molecule has 1 fully saturated rings. The molecule has 1 aliphatic heterocycles. The number of rotatable bonds is 1. The number of carbonyl (C=O) groups excluding carboxylic acids is 1. The van der Waals surface area contributed by atoms with E-state index >= 15 is 0 Å². The van der Waals surface area contributed by atoms with E-state index in [1.165, 1.54) is 6.42 Å². The molecule has 0 aliphatic carbocycles. The van der Waals surface area contributed by atoms with Crippen LogP contribution in [0.2, 0.25) is 0 Å². The standard InChI is InChI=1S/C15H16N2O/c18-15(17-8-2-1-3-9-17)13-4-5-14-11-16-7-6-12(14)10-13/h4-7,10-11H,1-3,8-9H2. The largest absolute Gasteiger partial charge is 0.339 e. The summed E-state index contributed by atoms with van der Waals surface area (Å²) in [7, 11) is 0. The van der Waals surface area contributed by atoms with Crippen molar-refractivity contribution in [1.82, 2.24) is 9.88 Å². The van der Waals surface area contributed by atoms with Crippen LogP contribution in [0, 0.1) is 0 Å². The van der Waals surface area contributed by atoms with Crippen LogP contribution in [0.4, 0.5) is 0 Å². The van der Waals surface area contributed by atoms with Gasteiger partial charge >= 0.3 is 0 Å². The summed E-state index contributed by atoms with van der Waals surface area (Å²) in [6.07, 6.45) is 7.08. The van der Waals surface area contributed by atoms with Gasteiger partial charge in [0.15, 0.2) is 0 Å². The van der Waals surface area contributed by atoms with Crippen LogP contribution in [-0.4, -0.2) is 28.9 Å². The van der Waals surface area contributed by atoms with Gasteiger partial charge in [-0.25, -0.2) is 0 Å². The molecule has 0 unspecified atom stereocenters. The molecular formula is C15H16N2O. The lowest BCUT2D eigenvalue weighted by atomic mass is 10.1. The van der Waals surface area contributed by atoms with Gasteiger partial charge in [0.1, 0.15) is 0 Å². The number of piperidine rings is 1. The zero-order valence-electron chi connectivity index (χ0n) is 10.3. The third-order valence-corrected chi connectivity index (χ3v) is 3.53. The minimum Gasteiger partial charge on any atom is -0.339 e. The Morgan fingerprint density at radius 3 is 2.72 bits per heavy atom. The first-order chi connectivity index (χ1) is 8.84. The average molecular weight is 240 g/mol. The van der Waals surface area contributed by atoms with Crippen LogP contribution in [0.3, 0.4) is 0 Å². The van der Waals surface area contributed by atoms with E-state index in [9.17, 15) is 4.79 Å². The molecule has 0 saturated carbocycles. The molecule has 0 radical (unpaired) electrons. The number of benzene rings is 1. The van der Waals surface area contributed by atoms with E-state index in [-0.39, 0.29) is 5.91 Å². The Morgan fingerprint density at radius 1 is 1.06 bits per heavy atom. The molecular weight excluding hydrogens is 224 g/mol. The fourth-order valence-corrected chi connectivity index (χ4v) is 2.50. The minimum absolute atomic E-state index is 0.161. The van der Waals surface area contributed by atoms with Gasteiger partial charge in [-0.1, -0.05) is 6.07 Å². The zero-order chi connectivity index (χ0) is 12.4. The van der Waals surface area contributed by atoms with Crippen LogP contribution >= 0.6 is 0 Å². The van der Waals surface area contributed by atoms with Gasteiger partial charge in [-0.2, -0.15) is 0 Å². The van der Waals surface area contributed by atoms with Crippen molar-refractivity contribution in [2.45, 2.75) is 19.3 Å². The van der Waals surface area contributed by atoms with E-state index in [4.69, 9.17) is 0 Å². The van der Waals surface area contributed by atoms with Crippen molar-refractivity contribution in [3.63, 3.8) is 0 Å². The van der Waals surface area contributed by atoms with Crippen molar-refractivity contribution in [3.05, 3.63) is 42.2 Å². The summed E-state index contributed by atoms with van der Waals surface area (Å²) < 4.78 is 0. The lowest BCUT2D eigenvalue weighted by Crippen LogP contribution is -2.35. The normalized spacial score (nSPS) is 15.9. The Bertz CT molecular complexity index is 573. The van der Waals surface area contributed by atoms with Gasteiger partial charge in [-0.05, 0) is 42.8 Å². The lowest BCUT2D eigenvalue weighted by molar-refractivity contribution is 0.0724. The van der Waals surface area contributed by atoms with Gasteiger partial charge in [0.25, 0.3) is 5.91 Å². The number of nitrogens with zero attached hydrogens (tertiary/aromatic N) is 2. The number of fused-ring (bicyclic) bond motifs is 1. The molecule has 0 N–H and O–H groups in total. The van der Waals surface area contributed by atoms with E-state index in [1.54, 1.807) is 6.20 Å². The number of hydrogen-bond acceptors (Lipinski definition) is 2. The van der Waals surface area contributed by atoms with Crippen LogP contribution in [0.5, 0.6) is 0 Å². The van der Waals surface area contributed by atoms with E-state index in [0.29, 0.717) is 0 Å². The smallest absolute Gasteiger partial charge is 0.253 e. The highest BCUT2D eigenvalue weighted by atomic mass is 16.2. The molecule has 1 aliphatic rings. The predicted molar refractivity (Wildman–Crippen MR) is 71.5 cm³/mol. The minimum atomic E-state index is 0.161. The Kier molecular flexibility index (Phi) is 2.97. The summed E-state index contributed by atoms with van der Waals surface area (Å²) in [6, 6.07) is 7.79. The second-order valence-corrected chi connectivity index (χ2v) is 4.79. The van der Waals surface area contributed by atoms with Crippen molar-refractivity contribution in [2.75, 3.05) is 13.1 Å².